The minimum absolute atomic E-state index is 0.368. The van der Waals surface area contributed by atoms with Crippen molar-refractivity contribution in [1.29, 1.82) is 0 Å². The number of alkyl halides is 1. The third-order valence-corrected chi connectivity index (χ3v) is 3.05. The summed E-state index contributed by atoms with van der Waals surface area (Å²) < 4.78 is 10.6. The molecule has 0 bridgehead atoms. The van der Waals surface area contributed by atoms with Crippen LogP contribution < -0.4 is 0 Å². The van der Waals surface area contributed by atoms with Crippen molar-refractivity contribution in [3.63, 3.8) is 0 Å². The second-order valence-electron chi connectivity index (χ2n) is 3.60. The van der Waals surface area contributed by atoms with E-state index < -0.39 is 0 Å². The molecule has 3 heteroatoms. The number of fused-ring (bicyclic) bond motifs is 1. The maximum Gasteiger partial charge on any atom is 0.134 e. The van der Waals surface area contributed by atoms with Gasteiger partial charge in [-0.15, -0.1) is 11.6 Å². The number of hydrogen-bond acceptors (Lipinski definition) is 2. The molecule has 2 aromatic rings. The molecule has 1 fully saturated rings. The lowest BCUT2D eigenvalue weighted by atomic mass is 9.96. The van der Waals surface area contributed by atoms with Gasteiger partial charge in [-0.2, -0.15) is 0 Å². The van der Waals surface area contributed by atoms with Crippen molar-refractivity contribution in [2.45, 2.75) is 4.87 Å². The summed E-state index contributed by atoms with van der Waals surface area (Å²) in [7, 11) is 0. The van der Waals surface area contributed by atoms with Crippen LogP contribution in [0.15, 0.2) is 34.9 Å². The number of ether oxygens (including phenoxy) is 1. The second-order valence-corrected chi connectivity index (χ2v) is 4.33. The highest BCUT2D eigenvalue weighted by Gasteiger charge is 2.40. The van der Waals surface area contributed by atoms with Crippen molar-refractivity contribution >= 4 is 22.6 Å². The fourth-order valence-corrected chi connectivity index (χ4v) is 2.06. The third kappa shape index (κ3) is 1.01. The summed E-state index contributed by atoms with van der Waals surface area (Å²) in [5.41, 5.74) is 1.93. The summed E-state index contributed by atoms with van der Waals surface area (Å²) in [4.78, 5) is -0.368. The monoisotopic (exact) mass is 208 g/mol. The van der Waals surface area contributed by atoms with Crippen molar-refractivity contribution in [1.82, 2.24) is 0 Å². The summed E-state index contributed by atoms with van der Waals surface area (Å²) in [6.45, 7) is 1.14. The highest BCUT2D eigenvalue weighted by molar-refractivity contribution is 6.25. The van der Waals surface area contributed by atoms with Crippen LogP contribution in [0.5, 0.6) is 0 Å². The van der Waals surface area contributed by atoms with Crippen molar-refractivity contribution in [2.75, 3.05) is 13.2 Å². The molecule has 0 radical (unpaired) electrons. The molecule has 1 saturated heterocycles. The van der Waals surface area contributed by atoms with Gasteiger partial charge < -0.3 is 9.15 Å². The predicted molar refractivity (Wildman–Crippen MR) is 54.6 cm³/mol. The Hall–Kier alpha value is -0.990. The van der Waals surface area contributed by atoms with Crippen LogP contribution >= 0.6 is 11.6 Å². The summed E-state index contributed by atoms with van der Waals surface area (Å²) in [5.74, 6) is 0. The van der Waals surface area contributed by atoms with E-state index in [-0.39, 0.29) is 4.87 Å². The lowest BCUT2D eigenvalue weighted by molar-refractivity contribution is -0.0149. The fraction of sp³-hybridized carbons (Fsp3) is 0.273. The lowest BCUT2D eigenvalue weighted by Crippen LogP contribution is -2.41. The first-order valence-corrected chi connectivity index (χ1v) is 4.91. The van der Waals surface area contributed by atoms with Gasteiger partial charge in [0.05, 0.1) is 19.5 Å². The Bertz CT molecular complexity index is 471. The van der Waals surface area contributed by atoms with E-state index in [4.69, 9.17) is 20.8 Å². The maximum atomic E-state index is 6.37. The Kier molecular flexibility index (Phi) is 1.64. The smallest absolute Gasteiger partial charge is 0.134 e. The highest BCUT2D eigenvalue weighted by Crippen LogP contribution is 2.40. The topological polar surface area (TPSA) is 22.4 Å². The van der Waals surface area contributed by atoms with Crippen LogP contribution in [0.1, 0.15) is 5.56 Å². The van der Waals surface area contributed by atoms with Crippen LogP contribution in [0, 0.1) is 0 Å². The van der Waals surface area contributed by atoms with E-state index in [2.05, 4.69) is 0 Å². The fourth-order valence-electron chi connectivity index (χ4n) is 1.76. The second kappa shape index (κ2) is 2.75. The first-order valence-electron chi connectivity index (χ1n) is 4.53. The molecule has 0 N–H and O–H groups in total. The highest BCUT2D eigenvalue weighted by atomic mass is 35.5. The zero-order chi connectivity index (χ0) is 9.60. The van der Waals surface area contributed by atoms with Gasteiger partial charge in [0, 0.05) is 10.9 Å². The Labute approximate surface area is 86.4 Å². The van der Waals surface area contributed by atoms with Gasteiger partial charge in [-0.05, 0) is 6.07 Å². The molecular weight excluding hydrogens is 200 g/mol. The first kappa shape index (κ1) is 8.33. The molecule has 0 saturated carbocycles. The van der Waals surface area contributed by atoms with Crippen molar-refractivity contribution in [3.05, 3.63) is 36.1 Å². The van der Waals surface area contributed by atoms with Gasteiger partial charge in [0.2, 0.25) is 0 Å². The quantitative estimate of drug-likeness (QED) is 0.673. The van der Waals surface area contributed by atoms with Gasteiger partial charge in [-0.1, -0.05) is 18.2 Å². The zero-order valence-corrected chi connectivity index (χ0v) is 8.25. The van der Waals surface area contributed by atoms with Crippen molar-refractivity contribution < 1.29 is 9.15 Å². The van der Waals surface area contributed by atoms with Crippen LogP contribution in [-0.4, -0.2) is 13.2 Å². The number of furan rings is 1. The van der Waals surface area contributed by atoms with Crippen LogP contribution in [0.3, 0.4) is 0 Å². The van der Waals surface area contributed by atoms with Gasteiger partial charge in [-0.25, -0.2) is 0 Å². The molecule has 0 amide bonds. The molecular formula is C11H9ClO2. The Morgan fingerprint density at radius 2 is 2.00 bits per heavy atom. The summed E-state index contributed by atoms with van der Waals surface area (Å²) in [6, 6.07) is 7.91. The zero-order valence-electron chi connectivity index (χ0n) is 7.50. The van der Waals surface area contributed by atoms with E-state index in [9.17, 15) is 0 Å². The van der Waals surface area contributed by atoms with Crippen LogP contribution in [0.4, 0.5) is 0 Å². The molecule has 0 spiro atoms. The predicted octanol–water partition coefficient (Wildman–Crippen LogP) is 2.90. The molecule has 2 nitrogen and oxygen atoms in total. The average molecular weight is 209 g/mol. The Balaban J connectivity index is 2.22. The third-order valence-electron chi connectivity index (χ3n) is 2.63. The van der Waals surface area contributed by atoms with Crippen molar-refractivity contribution in [3.8, 4) is 0 Å². The lowest BCUT2D eigenvalue weighted by Gasteiger charge is -2.34. The number of para-hydroxylation sites is 1. The molecule has 1 aliphatic rings. The van der Waals surface area contributed by atoms with Crippen LogP contribution in [0.25, 0.3) is 11.0 Å². The minimum atomic E-state index is -0.368. The molecule has 1 aromatic heterocycles. The average Bonchev–Trinajstić information content (AvgIpc) is 2.58. The van der Waals surface area contributed by atoms with E-state index in [0.717, 1.165) is 16.5 Å². The summed E-state index contributed by atoms with van der Waals surface area (Å²) in [6.07, 6.45) is 1.74. The van der Waals surface area contributed by atoms with Gasteiger partial charge >= 0.3 is 0 Å². The standard InChI is InChI=1S/C11H9ClO2/c12-11(6-13-7-11)9-5-14-10-4-2-1-3-8(9)10/h1-5H,6-7H2. The molecule has 3 rings (SSSR count). The molecule has 1 aromatic carbocycles. The molecule has 0 atom stereocenters. The number of rotatable bonds is 1. The Morgan fingerprint density at radius 1 is 1.21 bits per heavy atom. The largest absolute Gasteiger partial charge is 0.464 e. The summed E-state index contributed by atoms with van der Waals surface area (Å²) >= 11 is 6.37. The molecule has 14 heavy (non-hydrogen) atoms. The number of benzene rings is 1. The SMILES string of the molecule is ClC1(c2coc3ccccc23)COC1. The van der Waals surface area contributed by atoms with Gasteiger partial charge in [0.1, 0.15) is 10.5 Å². The molecule has 0 unspecified atom stereocenters. The van der Waals surface area contributed by atoms with E-state index >= 15 is 0 Å². The van der Waals surface area contributed by atoms with Crippen LogP contribution in [0.2, 0.25) is 0 Å². The number of hydrogen-bond donors (Lipinski definition) is 0. The van der Waals surface area contributed by atoms with E-state index in [0.29, 0.717) is 13.2 Å². The van der Waals surface area contributed by atoms with Gasteiger partial charge in [-0.3, -0.25) is 0 Å². The van der Waals surface area contributed by atoms with Gasteiger partial charge in [0.25, 0.3) is 0 Å². The molecule has 1 aliphatic heterocycles. The maximum absolute atomic E-state index is 6.37. The molecule has 0 aliphatic carbocycles. The molecule has 2 heterocycles. The van der Waals surface area contributed by atoms with Gasteiger partial charge in [0.15, 0.2) is 0 Å². The molecule has 72 valence electrons. The van der Waals surface area contributed by atoms with Crippen LogP contribution in [-0.2, 0) is 9.61 Å². The normalized spacial score (nSPS) is 19.5. The summed E-state index contributed by atoms with van der Waals surface area (Å²) in [5, 5.41) is 1.09. The minimum Gasteiger partial charge on any atom is -0.464 e. The van der Waals surface area contributed by atoms with E-state index in [1.807, 2.05) is 24.3 Å². The first-order chi connectivity index (χ1) is 6.80. The Morgan fingerprint density at radius 3 is 2.71 bits per heavy atom. The van der Waals surface area contributed by atoms with E-state index in [1.54, 1.807) is 6.26 Å². The van der Waals surface area contributed by atoms with Crippen molar-refractivity contribution in [2.24, 2.45) is 0 Å². The van der Waals surface area contributed by atoms with E-state index in [1.165, 1.54) is 0 Å². The number of halogens is 1.